The first-order chi connectivity index (χ1) is 11.6. The van der Waals surface area contributed by atoms with Gasteiger partial charge in [-0.3, -0.25) is 9.48 Å². The van der Waals surface area contributed by atoms with Crippen LogP contribution in [0.5, 0.6) is 0 Å². The molecule has 0 amide bonds. The van der Waals surface area contributed by atoms with Gasteiger partial charge in [-0.1, -0.05) is 6.07 Å². The number of nitrogens with zero attached hydrogens (tertiary/aromatic N) is 4. The highest BCUT2D eigenvalue weighted by atomic mass is 16.4. The molecule has 7 heteroatoms. The van der Waals surface area contributed by atoms with E-state index in [4.69, 9.17) is 5.11 Å². The van der Waals surface area contributed by atoms with E-state index in [0.717, 1.165) is 22.6 Å². The van der Waals surface area contributed by atoms with Crippen LogP contribution >= 0.6 is 0 Å². The van der Waals surface area contributed by atoms with Crippen molar-refractivity contribution in [2.45, 2.75) is 19.9 Å². The molecule has 0 aliphatic rings. The summed E-state index contributed by atoms with van der Waals surface area (Å²) in [7, 11) is 0. The minimum absolute atomic E-state index is 0.0369. The number of pyridine rings is 2. The first-order valence-electron chi connectivity index (χ1n) is 7.51. The zero-order valence-electron chi connectivity index (χ0n) is 13.2. The first kappa shape index (κ1) is 15.7. The van der Waals surface area contributed by atoms with Gasteiger partial charge in [-0.25, -0.2) is 9.97 Å². The van der Waals surface area contributed by atoms with Crippen molar-refractivity contribution in [3.8, 4) is 11.3 Å². The van der Waals surface area contributed by atoms with Gasteiger partial charge in [0.25, 0.3) is 0 Å². The van der Waals surface area contributed by atoms with Gasteiger partial charge in [0.1, 0.15) is 11.6 Å². The Labute approximate surface area is 139 Å². The van der Waals surface area contributed by atoms with Crippen LogP contribution in [-0.4, -0.2) is 30.8 Å². The van der Waals surface area contributed by atoms with Crippen molar-refractivity contribution < 1.29 is 9.90 Å². The Kier molecular flexibility index (Phi) is 4.51. The van der Waals surface area contributed by atoms with Crippen LogP contribution in [0.2, 0.25) is 0 Å². The summed E-state index contributed by atoms with van der Waals surface area (Å²) in [6, 6.07) is 9.52. The van der Waals surface area contributed by atoms with E-state index in [-0.39, 0.29) is 6.42 Å². The number of hydrogen-bond acceptors (Lipinski definition) is 5. The van der Waals surface area contributed by atoms with Gasteiger partial charge in [0.2, 0.25) is 0 Å². The molecule has 122 valence electrons. The minimum Gasteiger partial charge on any atom is -0.481 e. The van der Waals surface area contributed by atoms with Gasteiger partial charge in [-0.2, -0.15) is 5.10 Å². The van der Waals surface area contributed by atoms with Gasteiger partial charge in [0.05, 0.1) is 24.9 Å². The fourth-order valence-corrected chi connectivity index (χ4v) is 2.23. The average molecular weight is 323 g/mol. The van der Waals surface area contributed by atoms with Crippen LogP contribution in [0, 0.1) is 6.92 Å². The van der Waals surface area contributed by atoms with Crippen LogP contribution in [0.1, 0.15) is 12.0 Å². The van der Waals surface area contributed by atoms with Crippen molar-refractivity contribution in [2.24, 2.45) is 0 Å². The highest BCUT2D eigenvalue weighted by Gasteiger charge is 2.06. The molecule has 0 saturated heterocycles. The maximum absolute atomic E-state index is 10.6. The Bertz CT molecular complexity index is 859. The van der Waals surface area contributed by atoms with E-state index in [1.54, 1.807) is 23.3 Å². The summed E-state index contributed by atoms with van der Waals surface area (Å²) in [6.45, 7) is 2.34. The van der Waals surface area contributed by atoms with Crippen LogP contribution in [0.25, 0.3) is 11.3 Å². The largest absolute Gasteiger partial charge is 0.481 e. The summed E-state index contributed by atoms with van der Waals surface area (Å²) in [6.07, 6.45) is 5.25. The standard InChI is InChI=1S/C17H17N5O2/c1-12-5-7-18-16(9-12)21-15-4-2-3-14(20-15)13-10-19-22(11-13)8-6-17(23)24/h2-5,7,9-11H,6,8H2,1H3,(H,23,24)(H,18,20,21). The first-order valence-corrected chi connectivity index (χ1v) is 7.51. The lowest BCUT2D eigenvalue weighted by Crippen LogP contribution is -2.04. The molecule has 2 N–H and O–H groups in total. The van der Waals surface area contributed by atoms with Crippen LogP contribution in [0.3, 0.4) is 0 Å². The van der Waals surface area contributed by atoms with E-state index in [1.807, 2.05) is 37.3 Å². The normalized spacial score (nSPS) is 10.5. The van der Waals surface area contributed by atoms with Crippen molar-refractivity contribution in [2.75, 3.05) is 5.32 Å². The number of carbonyl (C=O) groups is 1. The lowest BCUT2D eigenvalue weighted by Gasteiger charge is -2.06. The number of aromatic nitrogens is 4. The average Bonchev–Trinajstić information content (AvgIpc) is 3.02. The maximum atomic E-state index is 10.6. The molecule has 0 bridgehead atoms. The molecule has 7 nitrogen and oxygen atoms in total. The van der Waals surface area contributed by atoms with E-state index in [9.17, 15) is 4.79 Å². The molecule has 0 spiro atoms. The molecule has 3 heterocycles. The van der Waals surface area contributed by atoms with Crippen molar-refractivity contribution in [3.63, 3.8) is 0 Å². The zero-order valence-corrected chi connectivity index (χ0v) is 13.2. The Morgan fingerprint density at radius 1 is 1.29 bits per heavy atom. The highest BCUT2D eigenvalue weighted by Crippen LogP contribution is 2.20. The molecule has 0 unspecified atom stereocenters. The summed E-state index contributed by atoms with van der Waals surface area (Å²) in [4.78, 5) is 19.4. The Balaban J connectivity index is 1.76. The number of carboxylic acid groups (broad SMARTS) is 1. The topological polar surface area (TPSA) is 92.9 Å². The fourth-order valence-electron chi connectivity index (χ4n) is 2.23. The third-order valence-corrected chi connectivity index (χ3v) is 3.40. The molecule has 24 heavy (non-hydrogen) atoms. The van der Waals surface area contributed by atoms with E-state index in [0.29, 0.717) is 12.4 Å². The second-order valence-corrected chi connectivity index (χ2v) is 5.39. The molecule has 0 aliphatic heterocycles. The molecule has 3 aromatic heterocycles. The Hall–Kier alpha value is -3.22. The third kappa shape index (κ3) is 3.95. The van der Waals surface area contributed by atoms with Crippen LogP contribution in [0.15, 0.2) is 48.9 Å². The quantitative estimate of drug-likeness (QED) is 0.724. The van der Waals surface area contributed by atoms with Gasteiger partial charge < -0.3 is 10.4 Å². The molecule has 0 radical (unpaired) electrons. The smallest absolute Gasteiger partial charge is 0.305 e. The predicted molar refractivity (Wildman–Crippen MR) is 90.0 cm³/mol. The summed E-state index contributed by atoms with van der Waals surface area (Å²) in [5, 5.41) is 16.1. The fraction of sp³-hybridized carbons (Fsp3) is 0.176. The molecule has 0 aromatic carbocycles. The van der Waals surface area contributed by atoms with Crippen LogP contribution < -0.4 is 5.32 Å². The summed E-state index contributed by atoms with van der Waals surface area (Å²) in [5.74, 6) is 0.572. The molecule has 0 atom stereocenters. The van der Waals surface area contributed by atoms with E-state index >= 15 is 0 Å². The second kappa shape index (κ2) is 6.91. The van der Waals surface area contributed by atoms with E-state index < -0.39 is 5.97 Å². The SMILES string of the molecule is Cc1ccnc(Nc2cccc(-c3cnn(CCC(=O)O)c3)n2)c1. The number of rotatable bonds is 6. The lowest BCUT2D eigenvalue weighted by atomic mass is 10.2. The predicted octanol–water partition coefficient (Wildman–Crippen LogP) is 2.87. The van der Waals surface area contributed by atoms with Crippen LogP contribution in [0.4, 0.5) is 11.6 Å². The van der Waals surface area contributed by atoms with E-state index in [2.05, 4.69) is 20.4 Å². The van der Waals surface area contributed by atoms with Crippen molar-refractivity contribution >= 4 is 17.6 Å². The molecule has 3 rings (SSSR count). The van der Waals surface area contributed by atoms with Gasteiger partial charge in [-0.05, 0) is 36.8 Å². The lowest BCUT2D eigenvalue weighted by molar-refractivity contribution is -0.137. The number of hydrogen-bond donors (Lipinski definition) is 2. The molecular weight excluding hydrogens is 306 g/mol. The number of carboxylic acids is 1. The van der Waals surface area contributed by atoms with Gasteiger partial charge in [-0.15, -0.1) is 0 Å². The van der Waals surface area contributed by atoms with Gasteiger partial charge in [0, 0.05) is 18.0 Å². The summed E-state index contributed by atoms with van der Waals surface area (Å²) >= 11 is 0. The molecule has 3 aromatic rings. The molecule has 0 saturated carbocycles. The number of nitrogens with one attached hydrogen (secondary N) is 1. The number of anilines is 2. The Morgan fingerprint density at radius 3 is 2.96 bits per heavy atom. The highest BCUT2D eigenvalue weighted by molar-refractivity contribution is 5.66. The van der Waals surface area contributed by atoms with Crippen molar-refractivity contribution in [1.82, 2.24) is 19.7 Å². The monoisotopic (exact) mass is 323 g/mol. The molecular formula is C17H17N5O2. The summed E-state index contributed by atoms with van der Waals surface area (Å²) in [5.41, 5.74) is 2.71. The molecule has 0 fully saturated rings. The zero-order chi connectivity index (χ0) is 16.9. The number of aryl methyl sites for hydroxylation is 2. The Morgan fingerprint density at radius 2 is 2.17 bits per heavy atom. The van der Waals surface area contributed by atoms with E-state index in [1.165, 1.54) is 0 Å². The van der Waals surface area contributed by atoms with Crippen LogP contribution in [-0.2, 0) is 11.3 Å². The maximum Gasteiger partial charge on any atom is 0.305 e. The number of aliphatic carboxylic acids is 1. The minimum atomic E-state index is -0.845. The van der Waals surface area contributed by atoms with Crippen molar-refractivity contribution in [3.05, 3.63) is 54.5 Å². The molecule has 0 aliphatic carbocycles. The third-order valence-electron chi connectivity index (χ3n) is 3.40. The van der Waals surface area contributed by atoms with Gasteiger partial charge >= 0.3 is 5.97 Å². The second-order valence-electron chi connectivity index (χ2n) is 5.39. The van der Waals surface area contributed by atoms with Gasteiger partial charge in [0.15, 0.2) is 0 Å². The summed E-state index contributed by atoms with van der Waals surface area (Å²) < 4.78 is 1.60. The van der Waals surface area contributed by atoms with Crippen molar-refractivity contribution in [1.29, 1.82) is 0 Å².